The molecule has 0 aliphatic carbocycles. The number of nitrogens with zero attached hydrogens (tertiary/aromatic N) is 1. The van der Waals surface area contributed by atoms with Gasteiger partial charge in [-0.3, -0.25) is 0 Å². The number of fused-ring (bicyclic) bond motifs is 5. The summed E-state index contributed by atoms with van der Waals surface area (Å²) in [4.78, 5) is 3.55. The minimum Gasteiger partial charge on any atom is -0.392 e. The van der Waals surface area contributed by atoms with Crippen LogP contribution in [-0.2, 0) is 26.2 Å². The van der Waals surface area contributed by atoms with Crippen molar-refractivity contribution in [1.82, 2.24) is 9.55 Å². The Morgan fingerprint density at radius 3 is 2.31 bits per heavy atom. The van der Waals surface area contributed by atoms with E-state index < -0.39 is 0 Å². The van der Waals surface area contributed by atoms with Crippen molar-refractivity contribution in [2.45, 2.75) is 26.2 Å². The largest absolute Gasteiger partial charge is 0.392 e. The third kappa shape index (κ3) is 2.03. The molecule has 0 bridgehead atoms. The van der Waals surface area contributed by atoms with Gasteiger partial charge in [0, 0.05) is 28.6 Å². The van der Waals surface area contributed by atoms with Crippen molar-refractivity contribution in [2.75, 3.05) is 0 Å². The normalized spacial score (nSPS) is 13.0. The zero-order valence-electron chi connectivity index (χ0n) is 14.4. The van der Waals surface area contributed by atoms with E-state index >= 15 is 0 Å². The first-order valence-electron chi connectivity index (χ1n) is 8.94. The lowest BCUT2D eigenvalue weighted by Crippen LogP contribution is -2.12. The average Bonchev–Trinajstić information content (AvgIpc) is 3.23. The van der Waals surface area contributed by atoms with Gasteiger partial charge in [0.25, 0.3) is 0 Å². The number of aromatic amines is 1. The van der Waals surface area contributed by atoms with E-state index in [2.05, 4.69) is 39.9 Å². The second-order valence-electron chi connectivity index (χ2n) is 6.76. The molecule has 0 saturated carbocycles. The molecule has 4 aromatic rings. The Morgan fingerprint density at radius 2 is 1.54 bits per heavy atom. The predicted molar refractivity (Wildman–Crippen MR) is 103 cm³/mol. The van der Waals surface area contributed by atoms with Crippen molar-refractivity contribution >= 4 is 10.9 Å². The van der Waals surface area contributed by atoms with Gasteiger partial charge in [0.1, 0.15) is 0 Å². The van der Waals surface area contributed by atoms with Crippen LogP contribution in [-0.4, -0.2) is 19.8 Å². The van der Waals surface area contributed by atoms with Crippen molar-refractivity contribution in [1.29, 1.82) is 0 Å². The maximum absolute atomic E-state index is 10.1. The summed E-state index contributed by atoms with van der Waals surface area (Å²) in [5, 5.41) is 21.5. The summed E-state index contributed by atoms with van der Waals surface area (Å²) in [5.74, 6) is 0. The fourth-order valence-corrected chi connectivity index (χ4v) is 4.39. The van der Waals surface area contributed by atoms with Crippen LogP contribution in [0.25, 0.3) is 33.5 Å². The Morgan fingerprint density at radius 1 is 0.846 bits per heavy atom. The van der Waals surface area contributed by atoms with E-state index in [9.17, 15) is 10.2 Å². The lowest BCUT2D eigenvalue weighted by Gasteiger charge is -2.20. The molecule has 3 heterocycles. The van der Waals surface area contributed by atoms with Crippen molar-refractivity contribution < 1.29 is 10.2 Å². The molecule has 0 radical (unpaired) electrons. The molecule has 0 atom stereocenters. The summed E-state index contributed by atoms with van der Waals surface area (Å²) >= 11 is 0. The maximum atomic E-state index is 10.1. The molecule has 0 saturated heterocycles. The highest BCUT2D eigenvalue weighted by molar-refractivity contribution is 5.92. The molecule has 5 rings (SSSR count). The SMILES string of the molecule is OCc1c(CO)c2n(c1-c1ccccc1)CCc1c-2[nH]c2ccccc12. The molecule has 0 amide bonds. The lowest BCUT2D eigenvalue weighted by molar-refractivity contribution is 0.262. The fraction of sp³-hybridized carbons (Fsp3) is 0.182. The van der Waals surface area contributed by atoms with Crippen LogP contribution in [0.1, 0.15) is 16.7 Å². The van der Waals surface area contributed by atoms with Crippen molar-refractivity contribution in [3.05, 3.63) is 71.3 Å². The Labute approximate surface area is 151 Å². The lowest BCUT2D eigenvalue weighted by atomic mass is 10.00. The van der Waals surface area contributed by atoms with E-state index in [1.165, 1.54) is 10.9 Å². The van der Waals surface area contributed by atoms with Crippen molar-refractivity contribution in [3.8, 4) is 22.6 Å². The smallest absolute Gasteiger partial charge is 0.0713 e. The van der Waals surface area contributed by atoms with Crippen LogP contribution in [0.15, 0.2) is 54.6 Å². The second kappa shape index (κ2) is 5.87. The molecule has 2 aromatic carbocycles. The molecule has 130 valence electrons. The third-order valence-corrected chi connectivity index (χ3v) is 5.48. The second-order valence-corrected chi connectivity index (χ2v) is 6.76. The zero-order chi connectivity index (χ0) is 17.7. The number of para-hydroxylation sites is 1. The van der Waals surface area contributed by atoms with Crippen LogP contribution in [0.5, 0.6) is 0 Å². The van der Waals surface area contributed by atoms with Gasteiger partial charge in [-0.2, -0.15) is 0 Å². The Kier molecular flexibility index (Phi) is 3.48. The molecule has 0 unspecified atom stereocenters. The molecule has 1 aliphatic rings. The molecule has 26 heavy (non-hydrogen) atoms. The quantitative estimate of drug-likeness (QED) is 0.529. The number of aryl methyl sites for hydroxylation is 1. The van der Waals surface area contributed by atoms with Gasteiger partial charge < -0.3 is 19.8 Å². The molecule has 1 aliphatic heterocycles. The number of hydrogen-bond donors (Lipinski definition) is 3. The first kappa shape index (κ1) is 15.4. The fourth-order valence-electron chi connectivity index (χ4n) is 4.39. The summed E-state index contributed by atoms with van der Waals surface area (Å²) in [6.45, 7) is 0.657. The number of nitrogens with one attached hydrogen (secondary N) is 1. The number of aliphatic hydroxyl groups excluding tert-OH is 2. The summed E-state index contributed by atoms with van der Waals surface area (Å²) in [6, 6.07) is 18.4. The number of aliphatic hydroxyl groups is 2. The summed E-state index contributed by atoms with van der Waals surface area (Å²) in [6.07, 6.45) is 0.927. The predicted octanol–water partition coefficient (Wildman–Crippen LogP) is 3.84. The molecule has 2 aromatic heterocycles. The molecule has 0 fully saturated rings. The summed E-state index contributed by atoms with van der Waals surface area (Å²) in [7, 11) is 0. The molecule has 3 N–H and O–H groups in total. The monoisotopic (exact) mass is 344 g/mol. The first-order valence-corrected chi connectivity index (χ1v) is 8.94. The minimum absolute atomic E-state index is 0.0876. The van der Waals surface area contributed by atoms with Gasteiger partial charge in [-0.15, -0.1) is 0 Å². The van der Waals surface area contributed by atoms with Gasteiger partial charge in [-0.1, -0.05) is 48.5 Å². The number of benzene rings is 2. The number of rotatable bonds is 3. The number of aromatic nitrogens is 2. The molecular formula is C22H20N2O2. The van der Waals surface area contributed by atoms with Crippen LogP contribution in [0.4, 0.5) is 0 Å². The zero-order valence-corrected chi connectivity index (χ0v) is 14.4. The standard InChI is InChI=1S/C22H20N2O2/c25-12-17-18(13-26)22-20-16(15-8-4-5-9-19(15)23-20)10-11-24(22)21(17)14-6-2-1-3-7-14/h1-9,23,25-26H,10-13H2. The summed E-state index contributed by atoms with van der Waals surface area (Å²) in [5.41, 5.74) is 8.20. The van der Waals surface area contributed by atoms with E-state index in [0.29, 0.717) is 0 Å². The Bertz CT molecular complexity index is 1110. The molecule has 4 nitrogen and oxygen atoms in total. The molecular weight excluding hydrogens is 324 g/mol. The van der Waals surface area contributed by atoms with E-state index in [0.717, 1.165) is 52.3 Å². The van der Waals surface area contributed by atoms with Crippen LogP contribution in [0.3, 0.4) is 0 Å². The van der Waals surface area contributed by atoms with E-state index in [-0.39, 0.29) is 13.2 Å². The Balaban J connectivity index is 1.86. The van der Waals surface area contributed by atoms with Crippen molar-refractivity contribution in [2.24, 2.45) is 0 Å². The highest BCUT2D eigenvalue weighted by Crippen LogP contribution is 2.43. The highest BCUT2D eigenvalue weighted by atomic mass is 16.3. The average molecular weight is 344 g/mol. The highest BCUT2D eigenvalue weighted by Gasteiger charge is 2.29. The van der Waals surface area contributed by atoms with E-state index in [1.54, 1.807) is 0 Å². The van der Waals surface area contributed by atoms with E-state index in [4.69, 9.17) is 0 Å². The number of H-pyrrole nitrogens is 1. The van der Waals surface area contributed by atoms with Crippen LogP contribution < -0.4 is 0 Å². The number of hydrogen-bond acceptors (Lipinski definition) is 2. The van der Waals surface area contributed by atoms with Gasteiger partial charge in [0.15, 0.2) is 0 Å². The summed E-state index contributed by atoms with van der Waals surface area (Å²) < 4.78 is 2.25. The van der Waals surface area contributed by atoms with Crippen molar-refractivity contribution in [3.63, 3.8) is 0 Å². The van der Waals surface area contributed by atoms with Gasteiger partial charge in [0.2, 0.25) is 0 Å². The molecule has 4 heteroatoms. The van der Waals surface area contributed by atoms with Gasteiger partial charge in [0.05, 0.1) is 30.3 Å². The van der Waals surface area contributed by atoms with Crippen LogP contribution in [0, 0.1) is 0 Å². The topological polar surface area (TPSA) is 61.2 Å². The third-order valence-electron chi connectivity index (χ3n) is 5.48. The van der Waals surface area contributed by atoms with Gasteiger partial charge in [-0.05, 0) is 23.6 Å². The first-order chi connectivity index (χ1) is 12.8. The minimum atomic E-state index is -0.0904. The molecule has 0 spiro atoms. The van der Waals surface area contributed by atoms with Gasteiger partial charge in [-0.25, -0.2) is 0 Å². The van der Waals surface area contributed by atoms with Gasteiger partial charge >= 0.3 is 0 Å². The van der Waals surface area contributed by atoms with E-state index in [1.807, 2.05) is 24.3 Å². The van der Waals surface area contributed by atoms with Crippen LogP contribution >= 0.6 is 0 Å². The van der Waals surface area contributed by atoms with Crippen LogP contribution in [0.2, 0.25) is 0 Å². The Hall–Kier alpha value is -2.82. The maximum Gasteiger partial charge on any atom is 0.0713 e.